The van der Waals surface area contributed by atoms with Gasteiger partial charge in [-0.05, 0) is 6.42 Å². The van der Waals surface area contributed by atoms with E-state index >= 15 is 0 Å². The van der Waals surface area contributed by atoms with Crippen molar-refractivity contribution in [2.75, 3.05) is 0 Å². The van der Waals surface area contributed by atoms with Crippen LogP contribution in [0.4, 0.5) is 0 Å². The van der Waals surface area contributed by atoms with Crippen molar-refractivity contribution in [3.8, 4) is 0 Å². The first-order valence-electron chi connectivity index (χ1n) is 5.05. The van der Waals surface area contributed by atoms with Gasteiger partial charge in [-0.25, -0.2) is 14.5 Å². The number of rotatable bonds is 7. The van der Waals surface area contributed by atoms with Crippen LogP contribution in [0.25, 0.3) is 0 Å². The van der Waals surface area contributed by atoms with Gasteiger partial charge >= 0.3 is 11.9 Å². The number of aliphatic carboxylic acids is 2. The minimum atomic E-state index is -1.27. The zero-order chi connectivity index (χ0) is 13.5. The summed E-state index contributed by atoms with van der Waals surface area (Å²) in [6.07, 6.45) is 2.05. The maximum absolute atomic E-state index is 11.5. The van der Waals surface area contributed by atoms with Crippen molar-refractivity contribution >= 4 is 17.8 Å². The number of amides is 1. The van der Waals surface area contributed by atoms with Crippen LogP contribution in [0.5, 0.6) is 0 Å². The molecule has 0 aliphatic rings. The predicted octanol–water partition coefficient (Wildman–Crippen LogP) is -1.29. The molecule has 9 nitrogen and oxygen atoms in total. The van der Waals surface area contributed by atoms with Gasteiger partial charge in [0.1, 0.15) is 25.2 Å². The standard InChI is InChI=1S/C9H12N4O5/c14-7(3-13-5-10-4-11-13)12-6(9(17)18)1-2-8(15)16/h4-6H,1-3H2,(H,12,14)(H,15,16)(H,17,18)/t6-/m0/s1. The Morgan fingerprint density at radius 2 is 2.06 bits per heavy atom. The maximum atomic E-state index is 11.5. The summed E-state index contributed by atoms with van der Waals surface area (Å²) in [5, 5.41) is 23.2. The van der Waals surface area contributed by atoms with Crippen molar-refractivity contribution in [1.29, 1.82) is 0 Å². The SMILES string of the molecule is O=C(O)CC[C@H](NC(=O)Cn1cncn1)C(=O)O. The summed E-state index contributed by atoms with van der Waals surface area (Å²) in [5.41, 5.74) is 0. The van der Waals surface area contributed by atoms with Crippen molar-refractivity contribution < 1.29 is 24.6 Å². The lowest BCUT2D eigenvalue weighted by atomic mass is 10.1. The van der Waals surface area contributed by atoms with Crippen LogP contribution in [0.1, 0.15) is 12.8 Å². The van der Waals surface area contributed by atoms with Gasteiger partial charge in [0.2, 0.25) is 5.91 Å². The van der Waals surface area contributed by atoms with E-state index in [9.17, 15) is 14.4 Å². The number of hydrogen-bond donors (Lipinski definition) is 3. The van der Waals surface area contributed by atoms with Gasteiger partial charge < -0.3 is 15.5 Å². The van der Waals surface area contributed by atoms with Gasteiger partial charge in [-0.15, -0.1) is 0 Å². The first-order valence-corrected chi connectivity index (χ1v) is 5.05. The summed E-state index contributed by atoms with van der Waals surface area (Å²) in [6, 6.07) is -1.22. The van der Waals surface area contributed by atoms with Crippen LogP contribution in [0.2, 0.25) is 0 Å². The molecule has 1 aromatic rings. The molecule has 9 heteroatoms. The Bertz CT molecular complexity index is 430. The molecule has 0 saturated heterocycles. The van der Waals surface area contributed by atoms with Crippen molar-refractivity contribution in [3.63, 3.8) is 0 Å². The largest absolute Gasteiger partial charge is 0.481 e. The van der Waals surface area contributed by atoms with Gasteiger partial charge in [0.15, 0.2) is 0 Å². The summed E-state index contributed by atoms with van der Waals surface area (Å²) in [4.78, 5) is 36.2. The highest BCUT2D eigenvalue weighted by atomic mass is 16.4. The third kappa shape index (κ3) is 4.60. The summed E-state index contributed by atoms with van der Waals surface area (Å²) in [6.45, 7) is -0.170. The molecular formula is C9H12N4O5. The lowest BCUT2D eigenvalue weighted by Gasteiger charge is -2.13. The molecule has 0 aliphatic heterocycles. The van der Waals surface area contributed by atoms with Crippen LogP contribution in [0.15, 0.2) is 12.7 Å². The Morgan fingerprint density at radius 3 is 2.56 bits per heavy atom. The Morgan fingerprint density at radius 1 is 1.33 bits per heavy atom. The van der Waals surface area contributed by atoms with E-state index in [-0.39, 0.29) is 19.4 Å². The monoisotopic (exact) mass is 256 g/mol. The molecular weight excluding hydrogens is 244 g/mol. The molecule has 0 aromatic carbocycles. The number of hydrogen-bond acceptors (Lipinski definition) is 5. The topological polar surface area (TPSA) is 134 Å². The highest BCUT2D eigenvalue weighted by Gasteiger charge is 2.20. The maximum Gasteiger partial charge on any atom is 0.326 e. The molecule has 1 atom stereocenters. The predicted molar refractivity (Wildman–Crippen MR) is 56.5 cm³/mol. The molecule has 0 fully saturated rings. The summed E-state index contributed by atoms with van der Waals surface area (Å²) in [5.74, 6) is -2.96. The van der Waals surface area contributed by atoms with Gasteiger partial charge in [-0.2, -0.15) is 5.10 Å². The normalized spacial score (nSPS) is 11.8. The number of nitrogens with zero attached hydrogens (tertiary/aromatic N) is 3. The third-order valence-corrected chi connectivity index (χ3v) is 2.05. The lowest BCUT2D eigenvalue weighted by Crippen LogP contribution is -2.42. The first kappa shape index (κ1) is 13.6. The quantitative estimate of drug-likeness (QED) is 0.552. The Kier molecular flexibility index (Phi) is 4.78. The Hall–Kier alpha value is -2.45. The van der Waals surface area contributed by atoms with Crippen molar-refractivity contribution in [1.82, 2.24) is 20.1 Å². The third-order valence-electron chi connectivity index (χ3n) is 2.05. The molecule has 0 bridgehead atoms. The fraction of sp³-hybridized carbons (Fsp3) is 0.444. The van der Waals surface area contributed by atoms with Crippen LogP contribution >= 0.6 is 0 Å². The second-order valence-electron chi connectivity index (χ2n) is 3.48. The summed E-state index contributed by atoms with van der Waals surface area (Å²) in [7, 11) is 0. The van der Waals surface area contributed by atoms with E-state index in [1.54, 1.807) is 0 Å². The number of aromatic nitrogens is 3. The number of carboxylic acid groups (broad SMARTS) is 2. The van der Waals surface area contributed by atoms with Crippen molar-refractivity contribution in [2.24, 2.45) is 0 Å². The van der Waals surface area contributed by atoms with Gasteiger partial charge in [-0.3, -0.25) is 9.59 Å². The molecule has 1 rings (SSSR count). The highest BCUT2D eigenvalue weighted by Crippen LogP contribution is 1.98. The van der Waals surface area contributed by atoms with Crippen LogP contribution in [-0.2, 0) is 20.9 Å². The lowest BCUT2D eigenvalue weighted by molar-refractivity contribution is -0.143. The molecule has 0 saturated carbocycles. The van der Waals surface area contributed by atoms with Crippen LogP contribution < -0.4 is 5.32 Å². The Labute approximate surface area is 101 Å². The molecule has 3 N–H and O–H groups in total. The van der Waals surface area contributed by atoms with Crippen LogP contribution in [0, 0.1) is 0 Å². The summed E-state index contributed by atoms with van der Waals surface area (Å²) < 4.78 is 1.23. The minimum absolute atomic E-state index is 0.170. The zero-order valence-electron chi connectivity index (χ0n) is 9.31. The molecule has 0 spiro atoms. The van der Waals surface area contributed by atoms with E-state index in [4.69, 9.17) is 10.2 Å². The number of carbonyl (C=O) groups excluding carboxylic acids is 1. The number of carboxylic acids is 2. The fourth-order valence-electron chi connectivity index (χ4n) is 1.23. The molecule has 0 radical (unpaired) electrons. The van der Waals surface area contributed by atoms with Gasteiger partial charge in [0.05, 0.1) is 0 Å². The fourth-order valence-corrected chi connectivity index (χ4v) is 1.23. The molecule has 1 amide bonds. The second-order valence-corrected chi connectivity index (χ2v) is 3.48. The van der Waals surface area contributed by atoms with E-state index < -0.39 is 23.9 Å². The molecule has 98 valence electrons. The van der Waals surface area contributed by atoms with Crippen molar-refractivity contribution in [3.05, 3.63) is 12.7 Å². The van der Waals surface area contributed by atoms with E-state index in [1.807, 2.05) is 0 Å². The first-order chi connectivity index (χ1) is 8.49. The smallest absolute Gasteiger partial charge is 0.326 e. The average molecular weight is 256 g/mol. The molecule has 0 unspecified atom stereocenters. The van der Waals surface area contributed by atoms with Crippen LogP contribution in [-0.4, -0.2) is 48.9 Å². The average Bonchev–Trinajstić information content (AvgIpc) is 2.76. The molecule has 0 aliphatic carbocycles. The highest BCUT2D eigenvalue weighted by molar-refractivity contribution is 5.83. The summed E-state index contributed by atoms with van der Waals surface area (Å²) >= 11 is 0. The van der Waals surface area contributed by atoms with Crippen LogP contribution in [0.3, 0.4) is 0 Å². The second kappa shape index (κ2) is 6.33. The Balaban J connectivity index is 2.47. The number of carbonyl (C=O) groups is 3. The molecule has 1 heterocycles. The van der Waals surface area contributed by atoms with E-state index in [2.05, 4.69) is 15.4 Å². The van der Waals surface area contributed by atoms with E-state index in [0.29, 0.717) is 0 Å². The van der Waals surface area contributed by atoms with Crippen molar-refractivity contribution in [2.45, 2.75) is 25.4 Å². The molecule has 1 aromatic heterocycles. The van der Waals surface area contributed by atoms with E-state index in [1.165, 1.54) is 17.3 Å². The minimum Gasteiger partial charge on any atom is -0.481 e. The zero-order valence-corrected chi connectivity index (χ0v) is 9.31. The number of nitrogens with one attached hydrogen (secondary N) is 1. The van der Waals surface area contributed by atoms with E-state index in [0.717, 1.165) is 0 Å². The van der Waals surface area contributed by atoms with Gasteiger partial charge in [-0.1, -0.05) is 0 Å². The molecule has 18 heavy (non-hydrogen) atoms. The van der Waals surface area contributed by atoms with Gasteiger partial charge in [0, 0.05) is 6.42 Å². The van der Waals surface area contributed by atoms with Gasteiger partial charge in [0.25, 0.3) is 0 Å².